The number of rotatable bonds is 19. The standard InChI is InChI=1S/C33H35ClFN5O.C31H34ClFN4.C25H22Cl2FN3.C25H23ClFN3O.C6H13N.CH4/c1-7-28(41)39-15-16-40(21(6)18-39)33-25-17-26(34)30(24-11-8-9-14-27(24)35)36-31(25)32(37-38-33)29-22(19(2)3)12-10-13-23(29)20(4)5;1-18(2)21-13-10-14-22(19(3)4)27(21)30-29-24(31(36-35-30)37-16-9-8-11-20(37)5)17-25(32)28(34-29)23-12-6-7-15-26(23)33;1-13(2)15-9-7-10-16(14(3)4)21(15)24-23-18(25(27)31-30-24)12-19(26)22(29-23)17-8-5-6-11-20(17)28;1-13(2)15-9-7-10-16(14(3)4)21(15)24-23-18(25(31)30-29-24)12-19(26)22(28-23)17-8-5-6-11-20(17)27;1-6-4-2-3-5-7-6;/h7-14,17,19-21H,1,15-16,18H2,2-6H3;6-7,10,12-15,17-20H,8-9,11,16H2,1-5H3;5-14H,1-4H3;5-14H,1-4H3,(H,30,31);6-7H,2-5H2,1H3;1H4/t21-;20-;;;6-;/m00..0./s1. The van der Waals surface area contributed by atoms with Crippen molar-refractivity contribution >= 4 is 119 Å². The van der Waals surface area contributed by atoms with Crippen LogP contribution in [0.3, 0.4) is 0 Å². The van der Waals surface area contributed by atoms with Crippen LogP contribution in [0, 0.1) is 23.3 Å². The summed E-state index contributed by atoms with van der Waals surface area (Å²) in [5, 5.41) is 42.3. The van der Waals surface area contributed by atoms with Crippen molar-refractivity contribution in [3.05, 3.63) is 310 Å². The molecule has 0 spiro atoms. The predicted octanol–water partition coefficient (Wildman–Crippen LogP) is 32.9. The van der Waals surface area contributed by atoms with Crippen molar-refractivity contribution in [3.8, 4) is 90.1 Å². The molecule has 16 aromatic rings. The summed E-state index contributed by atoms with van der Waals surface area (Å²) in [5.41, 5.74) is 20.4. The van der Waals surface area contributed by atoms with E-state index in [1.165, 1.54) is 73.7 Å². The average molecular weight is 2090 g/mol. The van der Waals surface area contributed by atoms with Crippen LogP contribution in [0.2, 0.25) is 25.2 Å². The fourth-order valence-electron chi connectivity index (χ4n) is 20.0. The maximum atomic E-state index is 15.0. The van der Waals surface area contributed by atoms with Crippen molar-refractivity contribution in [1.29, 1.82) is 0 Å². The van der Waals surface area contributed by atoms with Gasteiger partial charge in [0.2, 0.25) is 5.91 Å². The molecule has 770 valence electrons. The van der Waals surface area contributed by atoms with E-state index >= 15 is 0 Å². The number of aromatic amines is 1. The van der Waals surface area contributed by atoms with Crippen LogP contribution in [0.15, 0.2) is 212 Å². The Morgan fingerprint density at radius 3 is 0.986 bits per heavy atom. The van der Waals surface area contributed by atoms with Crippen molar-refractivity contribution in [3.63, 3.8) is 0 Å². The molecule has 8 aromatic carbocycles. The van der Waals surface area contributed by atoms with Crippen molar-refractivity contribution in [2.45, 2.75) is 243 Å². The number of H-pyrrole nitrogens is 1. The third kappa shape index (κ3) is 23.8. The van der Waals surface area contributed by atoms with Crippen LogP contribution in [0.5, 0.6) is 0 Å². The van der Waals surface area contributed by atoms with Crippen molar-refractivity contribution < 1.29 is 22.4 Å². The Morgan fingerprint density at radius 2 is 0.676 bits per heavy atom. The van der Waals surface area contributed by atoms with Crippen LogP contribution in [0.1, 0.15) is 269 Å². The number of piperazine rings is 1. The summed E-state index contributed by atoms with van der Waals surface area (Å²) in [7, 11) is 0. The van der Waals surface area contributed by atoms with Crippen LogP contribution in [-0.4, -0.2) is 122 Å². The highest BCUT2D eigenvalue weighted by Gasteiger charge is 2.35. The molecule has 0 bridgehead atoms. The number of anilines is 2. The van der Waals surface area contributed by atoms with E-state index in [4.69, 9.17) is 93.4 Å². The van der Waals surface area contributed by atoms with Gasteiger partial charge in [0.1, 0.15) is 68.1 Å². The lowest BCUT2D eigenvalue weighted by Crippen LogP contribution is -2.53. The molecule has 3 saturated heterocycles. The number of fused-ring (bicyclic) bond motifs is 4. The first-order chi connectivity index (χ1) is 70.4. The summed E-state index contributed by atoms with van der Waals surface area (Å²) in [6.07, 6.45) is 8.94. The molecule has 18 nitrogen and oxygen atoms in total. The smallest absolute Gasteiger partial charge is 0.273 e. The number of nitrogens with one attached hydrogen (secondary N) is 2. The lowest BCUT2D eigenvalue weighted by atomic mass is 9.86. The number of amides is 1. The van der Waals surface area contributed by atoms with Crippen molar-refractivity contribution in [2.75, 3.05) is 42.5 Å². The summed E-state index contributed by atoms with van der Waals surface area (Å²) >= 11 is 33.0. The summed E-state index contributed by atoms with van der Waals surface area (Å²) < 4.78 is 59.0. The van der Waals surface area contributed by atoms with Crippen molar-refractivity contribution in [1.82, 2.24) is 70.9 Å². The fraction of sp³-hybridized carbons (Fsp3) is 0.347. The number of halogens is 9. The van der Waals surface area contributed by atoms with Crippen LogP contribution < -0.4 is 20.7 Å². The van der Waals surface area contributed by atoms with Crippen molar-refractivity contribution in [2.24, 2.45) is 0 Å². The van der Waals surface area contributed by atoms with E-state index in [2.05, 4.69) is 245 Å². The van der Waals surface area contributed by atoms with Crippen LogP contribution in [-0.2, 0) is 4.79 Å². The Bertz CT molecular complexity index is 7510. The number of benzene rings is 8. The molecule has 8 aromatic heterocycles. The molecule has 0 radical (unpaired) electrons. The quantitative estimate of drug-likeness (QED) is 0.0569. The highest BCUT2D eigenvalue weighted by atomic mass is 35.5. The van der Waals surface area contributed by atoms with Gasteiger partial charge in [0.25, 0.3) is 5.56 Å². The molecule has 19 rings (SSSR count). The Balaban J connectivity index is 0.000000152. The van der Waals surface area contributed by atoms with Gasteiger partial charge in [0.05, 0.1) is 48.3 Å². The summed E-state index contributed by atoms with van der Waals surface area (Å²) in [4.78, 5) is 50.7. The number of aromatic nitrogens is 12. The molecular weight excluding hydrogens is 1960 g/mol. The number of carbonyl (C=O) groups excluding carboxylic acids is 1. The largest absolute Gasteiger partial charge is 0.352 e. The normalized spacial score (nSPS) is 14.8. The second-order valence-corrected chi connectivity index (χ2v) is 42.7. The topological polar surface area (TPSA) is 213 Å². The van der Waals surface area contributed by atoms with E-state index in [1.807, 2.05) is 18.2 Å². The molecular formula is C121H131Cl5F4N16O2. The molecule has 3 atom stereocenters. The molecule has 0 saturated carbocycles. The summed E-state index contributed by atoms with van der Waals surface area (Å²) in [6, 6.07) is 59.2. The van der Waals surface area contributed by atoms with Gasteiger partial charge in [-0.2, -0.15) is 5.10 Å². The first-order valence-electron chi connectivity index (χ1n) is 50.9. The lowest BCUT2D eigenvalue weighted by molar-refractivity contribution is -0.126. The second kappa shape index (κ2) is 48.8. The average Bonchev–Trinajstić information content (AvgIpc) is 0.769. The van der Waals surface area contributed by atoms with Gasteiger partial charge >= 0.3 is 0 Å². The number of pyridine rings is 4. The van der Waals surface area contributed by atoms with Crippen LogP contribution in [0.25, 0.3) is 134 Å². The number of hydrogen-bond acceptors (Lipinski definition) is 16. The number of nitrogens with zero attached hydrogens (tertiary/aromatic N) is 14. The van der Waals surface area contributed by atoms with Gasteiger partial charge in [0.15, 0.2) is 16.8 Å². The monoisotopic (exact) mass is 2090 g/mol. The molecule has 2 N–H and O–H groups in total. The molecule has 0 aliphatic carbocycles. The predicted molar refractivity (Wildman–Crippen MR) is 606 cm³/mol. The van der Waals surface area contributed by atoms with E-state index in [0.29, 0.717) is 130 Å². The molecule has 148 heavy (non-hydrogen) atoms. The zero-order chi connectivity index (χ0) is 105. The first-order valence-corrected chi connectivity index (χ1v) is 52.8. The molecule has 3 fully saturated rings. The number of hydrogen-bond donors (Lipinski definition) is 2. The maximum absolute atomic E-state index is 15.0. The van der Waals surface area contributed by atoms with Crippen LogP contribution >= 0.6 is 58.0 Å². The Kier molecular flexibility index (Phi) is 36.7. The first kappa shape index (κ1) is 111. The lowest BCUT2D eigenvalue weighted by Gasteiger charge is -2.40. The SMILES string of the molecule is C.C=CC(=O)N1CCN(c2nnc(-c3c(C(C)C)cccc3C(C)C)c3nc(-c4ccccc4F)c(Cl)cc23)[C@@H](C)C1.CC(C)c1cccc(C(C)C)c1-c1n[nH]c(=O)c2cc(Cl)c(-c3ccccc3F)nc12.CC(C)c1cccc(C(C)C)c1-c1nnc(Cl)c2cc(Cl)c(-c3ccccc3F)nc12.CC(C)c1cccc(C(C)C)c1-c1nnc(N2CCCC[C@@H]2C)c2cc(Cl)c(-c3ccccc3F)nc12.C[C@H]1CCCCN1. The molecule has 1 amide bonds. The fourth-order valence-corrected chi connectivity index (χ4v) is 21.2. The second-order valence-electron chi connectivity index (χ2n) is 40.7. The van der Waals surface area contributed by atoms with Gasteiger partial charge in [-0.15, -0.1) is 30.6 Å². The molecule has 3 aliphatic heterocycles. The Morgan fingerprint density at radius 1 is 0.365 bits per heavy atom. The third-order valence-corrected chi connectivity index (χ3v) is 29.2. The van der Waals surface area contributed by atoms with E-state index in [-0.39, 0.29) is 99.5 Å². The molecule has 11 heterocycles. The Hall–Kier alpha value is -12.5. The third-order valence-electron chi connectivity index (χ3n) is 27.7. The molecule has 27 heteroatoms. The molecule has 3 aliphatic rings. The highest BCUT2D eigenvalue weighted by molar-refractivity contribution is 6.37. The van der Waals surface area contributed by atoms with Gasteiger partial charge in [0, 0.05) is 105 Å². The van der Waals surface area contributed by atoms with E-state index in [9.17, 15) is 27.2 Å². The van der Waals surface area contributed by atoms with Crippen LogP contribution in [0.4, 0.5) is 29.2 Å². The number of piperidine rings is 2. The van der Waals surface area contributed by atoms with E-state index in [1.54, 1.807) is 89.8 Å². The van der Waals surface area contributed by atoms with Gasteiger partial charge in [-0.05, 0) is 230 Å². The summed E-state index contributed by atoms with van der Waals surface area (Å²) in [5.74, 6) is 1.80. The highest BCUT2D eigenvalue weighted by Crippen LogP contribution is 2.49. The van der Waals surface area contributed by atoms with E-state index in [0.717, 1.165) is 103 Å². The summed E-state index contributed by atoms with van der Waals surface area (Å²) in [6.45, 7) is 48.4. The zero-order valence-electron chi connectivity index (χ0n) is 86.9. The molecule has 0 unspecified atom stereocenters. The minimum absolute atomic E-state index is 0. The van der Waals surface area contributed by atoms with Gasteiger partial charge in [-0.3, -0.25) is 9.59 Å². The Labute approximate surface area is 891 Å². The zero-order valence-corrected chi connectivity index (χ0v) is 90.6. The van der Waals surface area contributed by atoms with E-state index < -0.39 is 17.5 Å². The van der Waals surface area contributed by atoms with Gasteiger partial charge in [-0.25, -0.2) is 42.6 Å². The van der Waals surface area contributed by atoms with Gasteiger partial charge in [-0.1, -0.05) is 311 Å². The number of carbonyl (C=O) groups is 1. The maximum Gasteiger partial charge on any atom is 0.273 e. The van der Waals surface area contributed by atoms with Gasteiger partial charge < -0.3 is 20.0 Å². The minimum Gasteiger partial charge on any atom is -0.352 e. The minimum atomic E-state index is -0.430.